The van der Waals surface area contributed by atoms with E-state index in [2.05, 4.69) is 15.3 Å². The Morgan fingerprint density at radius 1 is 1.20 bits per heavy atom. The molecule has 1 fully saturated rings. The molecule has 1 aromatic heterocycles. The zero-order chi connectivity index (χ0) is 17.5. The normalized spacial score (nSPS) is 17.1. The lowest BCUT2D eigenvalue weighted by Gasteiger charge is -2.31. The molecule has 1 atom stereocenters. The molecule has 25 heavy (non-hydrogen) atoms. The molecular weight excluding hydrogens is 316 g/mol. The van der Waals surface area contributed by atoms with Gasteiger partial charge in [0.05, 0.1) is 12.1 Å². The molecule has 1 aliphatic rings. The summed E-state index contributed by atoms with van der Waals surface area (Å²) in [6.45, 7) is 1.70. The number of aromatic nitrogens is 2. The molecule has 2 aromatic rings. The number of nitrogens with zero attached hydrogens (tertiary/aromatic N) is 3. The lowest BCUT2D eigenvalue weighted by Crippen LogP contribution is -2.46. The van der Waals surface area contributed by atoms with Gasteiger partial charge in [0.2, 0.25) is 5.91 Å². The topological polar surface area (TPSA) is 75.2 Å². The zero-order valence-electron chi connectivity index (χ0n) is 14.1. The van der Waals surface area contributed by atoms with E-state index in [1.54, 1.807) is 4.90 Å². The first kappa shape index (κ1) is 17.1. The molecule has 2 amide bonds. The number of likely N-dealkylation sites (tertiary alicyclic amines) is 1. The van der Waals surface area contributed by atoms with Gasteiger partial charge in [-0.1, -0.05) is 30.3 Å². The van der Waals surface area contributed by atoms with E-state index in [9.17, 15) is 9.59 Å². The molecule has 6 heteroatoms. The second kappa shape index (κ2) is 8.37. The molecule has 2 heterocycles. The molecule has 1 N–H and O–H groups in total. The first-order valence-corrected chi connectivity index (χ1v) is 8.61. The van der Waals surface area contributed by atoms with E-state index in [1.807, 2.05) is 30.3 Å². The summed E-state index contributed by atoms with van der Waals surface area (Å²) in [5, 5.41) is 3.00. The average molecular weight is 338 g/mol. The molecule has 1 unspecified atom stereocenters. The Labute approximate surface area is 147 Å². The summed E-state index contributed by atoms with van der Waals surface area (Å²) in [5.74, 6) is -0.299. The summed E-state index contributed by atoms with van der Waals surface area (Å²) in [6, 6.07) is 10.1. The molecule has 1 aliphatic heterocycles. The minimum Gasteiger partial charge on any atom is -0.355 e. The first-order valence-electron chi connectivity index (χ1n) is 8.61. The fourth-order valence-electron chi connectivity index (χ4n) is 3.07. The number of rotatable bonds is 5. The highest BCUT2D eigenvalue weighted by atomic mass is 16.2. The van der Waals surface area contributed by atoms with Crippen LogP contribution < -0.4 is 5.32 Å². The summed E-state index contributed by atoms with van der Waals surface area (Å²) in [7, 11) is 0. The predicted octanol–water partition coefficient (Wildman–Crippen LogP) is 1.69. The van der Waals surface area contributed by atoms with E-state index in [0.717, 1.165) is 19.3 Å². The van der Waals surface area contributed by atoms with Crippen LogP contribution in [0.1, 0.15) is 28.9 Å². The molecule has 0 saturated carbocycles. The van der Waals surface area contributed by atoms with Crippen molar-refractivity contribution in [3.05, 3.63) is 60.2 Å². The number of amides is 2. The highest BCUT2D eigenvalue weighted by Crippen LogP contribution is 2.18. The van der Waals surface area contributed by atoms with Crippen molar-refractivity contribution < 1.29 is 9.59 Å². The molecule has 6 nitrogen and oxygen atoms in total. The summed E-state index contributed by atoms with van der Waals surface area (Å²) in [6.07, 6.45) is 6.94. The van der Waals surface area contributed by atoms with Crippen molar-refractivity contribution in [2.75, 3.05) is 19.6 Å². The van der Waals surface area contributed by atoms with Crippen molar-refractivity contribution in [2.24, 2.45) is 5.92 Å². The third kappa shape index (κ3) is 4.62. The minimum atomic E-state index is -0.162. The van der Waals surface area contributed by atoms with Crippen molar-refractivity contribution in [1.82, 2.24) is 20.2 Å². The Morgan fingerprint density at radius 2 is 2.04 bits per heavy atom. The Bertz CT molecular complexity index is 706. The molecule has 1 saturated heterocycles. The van der Waals surface area contributed by atoms with Crippen LogP contribution in [-0.4, -0.2) is 46.3 Å². The van der Waals surface area contributed by atoms with E-state index < -0.39 is 0 Å². The molecule has 1 aromatic carbocycles. The van der Waals surface area contributed by atoms with E-state index >= 15 is 0 Å². The molecule has 130 valence electrons. The zero-order valence-corrected chi connectivity index (χ0v) is 14.1. The summed E-state index contributed by atoms with van der Waals surface area (Å²) in [5.41, 5.74) is 1.53. The quantitative estimate of drug-likeness (QED) is 0.900. The Balaban J connectivity index is 1.50. The number of benzene rings is 1. The van der Waals surface area contributed by atoms with Crippen LogP contribution in [0.15, 0.2) is 48.9 Å². The number of hydrogen-bond donors (Lipinski definition) is 1. The van der Waals surface area contributed by atoms with Crippen molar-refractivity contribution >= 4 is 11.8 Å². The summed E-state index contributed by atoms with van der Waals surface area (Å²) in [4.78, 5) is 34.6. The van der Waals surface area contributed by atoms with Crippen LogP contribution in [0.2, 0.25) is 0 Å². The predicted molar refractivity (Wildman–Crippen MR) is 93.8 cm³/mol. The van der Waals surface area contributed by atoms with Gasteiger partial charge in [-0.2, -0.15) is 0 Å². The van der Waals surface area contributed by atoms with Gasteiger partial charge in [0, 0.05) is 32.0 Å². The number of carbonyl (C=O) groups is 2. The van der Waals surface area contributed by atoms with Crippen LogP contribution >= 0.6 is 0 Å². The number of hydrogen-bond acceptors (Lipinski definition) is 4. The number of carbonyl (C=O) groups excluding carboxylic acids is 2. The maximum absolute atomic E-state index is 12.5. The second-order valence-electron chi connectivity index (χ2n) is 6.21. The largest absolute Gasteiger partial charge is 0.355 e. The standard InChI is InChI=1S/C19H22N4O2/c24-18(22-9-8-15-5-2-1-3-6-15)16-7-4-12-23(14-16)19(25)17-13-20-10-11-21-17/h1-3,5-6,10-11,13,16H,4,7-9,12,14H2,(H,22,24). The average Bonchev–Trinajstić information content (AvgIpc) is 2.69. The summed E-state index contributed by atoms with van der Waals surface area (Å²) < 4.78 is 0. The Hall–Kier alpha value is -2.76. The third-order valence-electron chi connectivity index (χ3n) is 4.42. The second-order valence-corrected chi connectivity index (χ2v) is 6.21. The third-order valence-corrected chi connectivity index (χ3v) is 4.42. The van der Waals surface area contributed by atoms with E-state index in [1.165, 1.54) is 24.2 Å². The van der Waals surface area contributed by atoms with Gasteiger partial charge in [-0.15, -0.1) is 0 Å². The maximum atomic E-state index is 12.5. The van der Waals surface area contributed by atoms with E-state index in [-0.39, 0.29) is 17.7 Å². The van der Waals surface area contributed by atoms with Crippen molar-refractivity contribution in [3.63, 3.8) is 0 Å². The van der Waals surface area contributed by atoms with Gasteiger partial charge >= 0.3 is 0 Å². The van der Waals surface area contributed by atoms with Gasteiger partial charge in [0.15, 0.2) is 0 Å². The van der Waals surface area contributed by atoms with Gasteiger partial charge in [0.1, 0.15) is 5.69 Å². The number of piperidine rings is 1. The lowest BCUT2D eigenvalue weighted by atomic mass is 9.96. The van der Waals surface area contributed by atoms with Gasteiger partial charge in [-0.05, 0) is 24.8 Å². The highest BCUT2D eigenvalue weighted by Gasteiger charge is 2.29. The van der Waals surface area contributed by atoms with Crippen LogP contribution in [0, 0.1) is 5.92 Å². The van der Waals surface area contributed by atoms with Crippen molar-refractivity contribution in [1.29, 1.82) is 0 Å². The monoisotopic (exact) mass is 338 g/mol. The smallest absolute Gasteiger partial charge is 0.274 e. The first-order chi connectivity index (χ1) is 12.2. The molecule has 3 rings (SSSR count). The van der Waals surface area contributed by atoms with Crippen LogP contribution in [-0.2, 0) is 11.2 Å². The molecular formula is C19H22N4O2. The summed E-state index contributed by atoms with van der Waals surface area (Å²) >= 11 is 0. The van der Waals surface area contributed by atoms with Crippen LogP contribution in [0.5, 0.6) is 0 Å². The fourth-order valence-corrected chi connectivity index (χ4v) is 3.07. The lowest BCUT2D eigenvalue weighted by molar-refractivity contribution is -0.126. The van der Waals surface area contributed by atoms with E-state index in [4.69, 9.17) is 0 Å². The molecule has 0 bridgehead atoms. The number of nitrogens with one attached hydrogen (secondary N) is 1. The molecule has 0 aliphatic carbocycles. The Kier molecular flexibility index (Phi) is 5.72. The molecule has 0 spiro atoms. The van der Waals surface area contributed by atoms with Crippen molar-refractivity contribution in [3.8, 4) is 0 Å². The Morgan fingerprint density at radius 3 is 2.80 bits per heavy atom. The van der Waals surface area contributed by atoms with Crippen LogP contribution in [0.25, 0.3) is 0 Å². The highest BCUT2D eigenvalue weighted by molar-refractivity contribution is 5.92. The van der Waals surface area contributed by atoms with Gasteiger partial charge < -0.3 is 10.2 Å². The fraction of sp³-hybridized carbons (Fsp3) is 0.368. The van der Waals surface area contributed by atoms with E-state index in [0.29, 0.717) is 25.3 Å². The van der Waals surface area contributed by atoms with Crippen LogP contribution in [0.3, 0.4) is 0 Å². The maximum Gasteiger partial charge on any atom is 0.274 e. The SMILES string of the molecule is O=C(NCCc1ccccc1)C1CCCN(C(=O)c2cnccn2)C1. The van der Waals surface area contributed by atoms with Gasteiger partial charge in [0.25, 0.3) is 5.91 Å². The van der Waals surface area contributed by atoms with Crippen LogP contribution in [0.4, 0.5) is 0 Å². The van der Waals surface area contributed by atoms with Crippen molar-refractivity contribution in [2.45, 2.75) is 19.3 Å². The molecule has 0 radical (unpaired) electrons. The minimum absolute atomic E-state index is 0.0209. The van der Waals surface area contributed by atoms with Gasteiger partial charge in [-0.3, -0.25) is 14.6 Å². The van der Waals surface area contributed by atoms with Gasteiger partial charge in [-0.25, -0.2) is 4.98 Å².